The maximum Gasteiger partial charge on any atom is 0.191 e. The Morgan fingerprint density at radius 2 is 1.82 bits per heavy atom. The van der Waals surface area contributed by atoms with E-state index >= 15 is 0 Å². The molecule has 1 aliphatic rings. The fourth-order valence-electron chi connectivity index (χ4n) is 2.85. The number of hydrogen-bond acceptors (Lipinski definition) is 2. The van der Waals surface area contributed by atoms with Gasteiger partial charge in [-0.15, -0.1) is 0 Å². The minimum atomic E-state index is -1.67. The minimum Gasteiger partial charge on any atom is -0.417 e. The van der Waals surface area contributed by atoms with Crippen molar-refractivity contribution < 1.29 is 9.53 Å². The minimum absolute atomic E-state index is 0.265. The third kappa shape index (κ3) is 4.21. The molecule has 0 radical (unpaired) electrons. The van der Waals surface area contributed by atoms with Crippen molar-refractivity contribution in [1.29, 1.82) is 0 Å². The maximum absolute atomic E-state index is 10.4. The van der Waals surface area contributed by atoms with Gasteiger partial charge in [0.25, 0.3) is 0 Å². The quantitative estimate of drug-likeness (QED) is 0.787. The first-order valence-electron chi connectivity index (χ1n) is 8.60. The maximum atomic E-state index is 10.4. The van der Waals surface area contributed by atoms with Gasteiger partial charge in [-0.3, -0.25) is 0 Å². The molecule has 1 aromatic carbocycles. The summed E-state index contributed by atoms with van der Waals surface area (Å²) in [7, 11) is -1.67. The molecule has 0 aromatic heterocycles. The van der Waals surface area contributed by atoms with Crippen molar-refractivity contribution in [2.75, 3.05) is 6.61 Å². The van der Waals surface area contributed by atoms with Crippen LogP contribution in [0.15, 0.2) is 24.3 Å². The summed E-state index contributed by atoms with van der Waals surface area (Å²) in [5.74, 6) is 0.567. The lowest BCUT2D eigenvalue weighted by Crippen LogP contribution is -2.42. The van der Waals surface area contributed by atoms with E-state index in [2.05, 4.69) is 52.1 Å². The van der Waals surface area contributed by atoms with Crippen LogP contribution in [0, 0.1) is 5.92 Å². The van der Waals surface area contributed by atoms with Crippen molar-refractivity contribution >= 4 is 8.32 Å². The van der Waals surface area contributed by atoms with E-state index in [1.165, 1.54) is 12.0 Å². The molecule has 0 saturated heterocycles. The number of aliphatic hydroxyl groups is 1. The van der Waals surface area contributed by atoms with Gasteiger partial charge in [0.15, 0.2) is 8.32 Å². The number of benzene rings is 1. The molecule has 0 spiro atoms. The summed E-state index contributed by atoms with van der Waals surface area (Å²) in [4.78, 5) is 0. The highest BCUT2D eigenvalue weighted by atomic mass is 28.4. The zero-order valence-electron chi connectivity index (χ0n) is 14.9. The van der Waals surface area contributed by atoms with Gasteiger partial charge in [-0.05, 0) is 60.9 Å². The molecule has 0 amide bonds. The summed E-state index contributed by atoms with van der Waals surface area (Å²) in [6.45, 7) is 12.4. The number of fused-ring (bicyclic) bond motifs is 1. The number of aryl methyl sites for hydroxylation is 1. The second-order valence-electron chi connectivity index (χ2n) is 8.27. The fourth-order valence-corrected chi connectivity index (χ4v) is 3.93. The molecule has 124 valence electrons. The Bertz CT molecular complexity index is 490. The third-order valence-electron chi connectivity index (χ3n) is 5.57. The van der Waals surface area contributed by atoms with Crippen molar-refractivity contribution in [3.05, 3.63) is 35.4 Å². The topological polar surface area (TPSA) is 29.5 Å². The first-order valence-corrected chi connectivity index (χ1v) is 11.5. The Morgan fingerprint density at radius 1 is 1.14 bits per heavy atom. The second kappa shape index (κ2) is 6.86. The lowest BCUT2D eigenvalue weighted by atomic mass is 9.86. The van der Waals surface area contributed by atoms with Crippen LogP contribution in [0.2, 0.25) is 18.1 Å². The number of rotatable bonds is 3. The van der Waals surface area contributed by atoms with Gasteiger partial charge in [-0.2, -0.15) is 0 Å². The van der Waals surface area contributed by atoms with E-state index in [4.69, 9.17) is 4.43 Å². The molecule has 0 bridgehead atoms. The molecule has 0 aliphatic heterocycles. The molecular weight excluding hydrogens is 288 g/mol. The third-order valence-corrected chi connectivity index (χ3v) is 10.1. The highest BCUT2D eigenvalue weighted by molar-refractivity contribution is 6.74. The Kier molecular flexibility index (Phi) is 5.52. The molecule has 22 heavy (non-hydrogen) atoms. The largest absolute Gasteiger partial charge is 0.417 e. The Labute approximate surface area is 137 Å². The van der Waals surface area contributed by atoms with Gasteiger partial charge in [0, 0.05) is 6.61 Å². The van der Waals surface area contributed by atoms with Crippen LogP contribution in [0.1, 0.15) is 57.3 Å². The van der Waals surface area contributed by atoms with Crippen LogP contribution in [0.5, 0.6) is 0 Å². The summed E-state index contributed by atoms with van der Waals surface area (Å²) in [6.07, 6.45) is 3.82. The average molecular weight is 321 g/mol. The molecule has 0 saturated carbocycles. The first kappa shape index (κ1) is 17.7. The van der Waals surface area contributed by atoms with E-state index in [1.54, 1.807) is 0 Å². The molecule has 0 heterocycles. The highest BCUT2D eigenvalue weighted by Gasteiger charge is 2.37. The van der Waals surface area contributed by atoms with Crippen molar-refractivity contribution in [3.8, 4) is 0 Å². The van der Waals surface area contributed by atoms with Gasteiger partial charge in [-0.1, -0.05) is 45.0 Å². The van der Waals surface area contributed by atoms with E-state index in [9.17, 15) is 5.11 Å². The molecule has 2 nitrogen and oxygen atoms in total. The van der Waals surface area contributed by atoms with Crippen LogP contribution in [0.3, 0.4) is 0 Å². The molecule has 0 fully saturated rings. The van der Waals surface area contributed by atoms with Crippen LogP contribution < -0.4 is 0 Å². The summed E-state index contributed by atoms with van der Waals surface area (Å²) in [5, 5.41) is 10.7. The van der Waals surface area contributed by atoms with Gasteiger partial charge in [0.1, 0.15) is 0 Å². The van der Waals surface area contributed by atoms with Gasteiger partial charge in [0.2, 0.25) is 0 Å². The Morgan fingerprint density at radius 3 is 2.50 bits per heavy atom. The lowest BCUT2D eigenvalue weighted by Gasteiger charge is -2.37. The summed E-state index contributed by atoms with van der Waals surface area (Å²) < 4.78 is 6.41. The Hall–Kier alpha value is -0.643. The van der Waals surface area contributed by atoms with Crippen molar-refractivity contribution in [3.63, 3.8) is 0 Å². The summed E-state index contributed by atoms with van der Waals surface area (Å²) in [6, 6.07) is 8.35. The van der Waals surface area contributed by atoms with E-state index in [0.717, 1.165) is 31.4 Å². The van der Waals surface area contributed by atoms with Crippen molar-refractivity contribution in [1.82, 2.24) is 0 Å². The lowest BCUT2D eigenvalue weighted by molar-refractivity contribution is 0.135. The van der Waals surface area contributed by atoms with Crippen LogP contribution in [-0.4, -0.2) is 20.0 Å². The summed E-state index contributed by atoms with van der Waals surface area (Å²) in [5.41, 5.74) is 2.44. The SMILES string of the molecule is CC(C)(C)[Si](C)(C)OC[C@@H]1CCc2ccccc2[C@H](O)CC1. The molecule has 0 unspecified atom stereocenters. The smallest absolute Gasteiger partial charge is 0.191 e. The molecule has 1 aliphatic carbocycles. The van der Waals surface area contributed by atoms with Gasteiger partial charge >= 0.3 is 0 Å². The van der Waals surface area contributed by atoms with Crippen LogP contribution >= 0.6 is 0 Å². The predicted octanol–water partition coefficient (Wildman–Crippen LogP) is 5.08. The number of hydrogen-bond donors (Lipinski definition) is 1. The molecule has 2 rings (SSSR count). The van der Waals surface area contributed by atoms with E-state index in [0.29, 0.717) is 5.92 Å². The van der Waals surface area contributed by atoms with Gasteiger partial charge < -0.3 is 9.53 Å². The van der Waals surface area contributed by atoms with Crippen LogP contribution in [0.4, 0.5) is 0 Å². The predicted molar refractivity (Wildman–Crippen MR) is 95.6 cm³/mol. The van der Waals surface area contributed by atoms with Crippen LogP contribution in [-0.2, 0) is 10.8 Å². The van der Waals surface area contributed by atoms with E-state index < -0.39 is 8.32 Å². The zero-order valence-corrected chi connectivity index (χ0v) is 15.9. The Balaban J connectivity index is 1.99. The van der Waals surface area contributed by atoms with Crippen molar-refractivity contribution in [2.24, 2.45) is 5.92 Å². The van der Waals surface area contributed by atoms with E-state index in [1.807, 2.05) is 6.07 Å². The molecule has 2 atom stereocenters. The van der Waals surface area contributed by atoms with Crippen molar-refractivity contribution in [2.45, 2.75) is 70.7 Å². The number of aliphatic hydroxyl groups excluding tert-OH is 1. The van der Waals surface area contributed by atoms with E-state index in [-0.39, 0.29) is 11.1 Å². The molecule has 1 aromatic rings. The standard InChI is InChI=1S/C19H32O2Si/c1-19(2,3)22(4,5)21-14-15-10-12-16-8-6-7-9-17(16)18(20)13-11-15/h6-9,15,18,20H,10-14H2,1-5H3/t15-,18-/m1/s1. The first-order chi connectivity index (χ1) is 10.2. The van der Waals surface area contributed by atoms with Gasteiger partial charge in [-0.25, -0.2) is 0 Å². The molecular formula is C19H32O2Si. The highest BCUT2D eigenvalue weighted by Crippen LogP contribution is 2.38. The van der Waals surface area contributed by atoms with Gasteiger partial charge in [0.05, 0.1) is 6.10 Å². The normalized spacial score (nSPS) is 23.5. The second-order valence-corrected chi connectivity index (χ2v) is 13.1. The van der Waals surface area contributed by atoms with Crippen LogP contribution in [0.25, 0.3) is 0 Å². The zero-order chi connectivity index (χ0) is 16.4. The molecule has 1 N–H and O–H groups in total. The molecule has 3 heteroatoms. The average Bonchev–Trinajstić information content (AvgIpc) is 2.43. The summed E-state index contributed by atoms with van der Waals surface area (Å²) >= 11 is 0. The fraction of sp³-hybridized carbons (Fsp3) is 0.684. The monoisotopic (exact) mass is 320 g/mol.